The van der Waals surface area contributed by atoms with E-state index in [4.69, 9.17) is 0 Å². The van der Waals surface area contributed by atoms with E-state index in [1.54, 1.807) is 5.56 Å². The fraction of sp³-hybridized carbons (Fsp3) is 0.200. The molecule has 0 radical (unpaired) electrons. The van der Waals surface area contributed by atoms with Crippen LogP contribution in [0, 0.1) is 11.8 Å². The molecule has 362 valence electrons. The Morgan fingerprint density at radius 3 is 0.973 bits per heavy atom. The molecule has 10 aromatic carbocycles. The molecule has 0 spiro atoms. The molecule has 0 aliphatic heterocycles. The van der Waals surface area contributed by atoms with Gasteiger partial charge in [-0.1, -0.05) is 235 Å². The highest BCUT2D eigenvalue weighted by Gasteiger charge is 2.49. The van der Waals surface area contributed by atoms with Gasteiger partial charge in [0.05, 0.1) is 0 Å². The van der Waals surface area contributed by atoms with E-state index in [1.165, 1.54) is 150 Å². The Hall–Kier alpha value is -7.80. The zero-order valence-electron chi connectivity index (χ0n) is 43.8. The SMILES string of the molecule is CCC(C)CC1(CC(C)CC)c2ccccc2-c2c(-c3ccc4c(c3)Cc3ccccc3-4)c(-c3ccc4c(c3)Cc3ccccc3-4)c(-c3ccc4c(c3)Cc3ccccc3-4)c(-c3ccc4c(c3)Cc3ccccc3-4)c21. The van der Waals surface area contributed by atoms with Gasteiger partial charge in [-0.05, 0) is 206 Å². The van der Waals surface area contributed by atoms with Crippen LogP contribution in [0.3, 0.4) is 0 Å². The maximum atomic E-state index is 2.63. The number of rotatable bonds is 10. The predicted octanol–water partition coefficient (Wildman–Crippen LogP) is 19.8. The third-order valence-electron chi connectivity index (χ3n) is 18.8. The van der Waals surface area contributed by atoms with Crippen molar-refractivity contribution in [3.8, 4) is 100 Å². The summed E-state index contributed by atoms with van der Waals surface area (Å²) in [6.07, 6.45) is 8.24. The summed E-state index contributed by atoms with van der Waals surface area (Å²) in [5, 5.41) is 0. The maximum absolute atomic E-state index is 2.63. The fourth-order valence-corrected chi connectivity index (χ4v) is 15.1. The molecule has 0 N–H and O–H groups in total. The third kappa shape index (κ3) is 6.74. The van der Waals surface area contributed by atoms with E-state index in [2.05, 4.69) is 222 Å². The highest BCUT2D eigenvalue weighted by Crippen LogP contribution is 2.65. The van der Waals surface area contributed by atoms with Gasteiger partial charge in [-0.15, -0.1) is 0 Å². The van der Waals surface area contributed by atoms with E-state index >= 15 is 0 Å². The van der Waals surface area contributed by atoms with Gasteiger partial charge in [0.15, 0.2) is 0 Å². The van der Waals surface area contributed by atoms with E-state index in [0.717, 1.165) is 51.4 Å². The zero-order valence-corrected chi connectivity index (χ0v) is 43.8. The van der Waals surface area contributed by atoms with E-state index < -0.39 is 0 Å². The molecule has 15 rings (SSSR count). The molecule has 2 unspecified atom stereocenters. The molecular formula is C75H62. The van der Waals surface area contributed by atoms with Crippen LogP contribution < -0.4 is 0 Å². The minimum Gasteiger partial charge on any atom is -0.0651 e. The summed E-state index contributed by atoms with van der Waals surface area (Å²) in [4.78, 5) is 0. The van der Waals surface area contributed by atoms with Gasteiger partial charge in [0.1, 0.15) is 0 Å². The molecule has 0 amide bonds. The number of fused-ring (bicyclic) bond motifs is 15. The van der Waals surface area contributed by atoms with Gasteiger partial charge in [-0.2, -0.15) is 0 Å². The molecule has 0 heteroatoms. The summed E-state index contributed by atoms with van der Waals surface area (Å²) >= 11 is 0. The van der Waals surface area contributed by atoms with E-state index in [-0.39, 0.29) is 5.41 Å². The summed E-state index contributed by atoms with van der Waals surface area (Å²) in [6.45, 7) is 9.89. The van der Waals surface area contributed by atoms with Crippen LogP contribution in [0.4, 0.5) is 0 Å². The van der Waals surface area contributed by atoms with Gasteiger partial charge in [-0.3, -0.25) is 0 Å². The van der Waals surface area contributed by atoms with Crippen molar-refractivity contribution in [1.82, 2.24) is 0 Å². The van der Waals surface area contributed by atoms with Crippen LogP contribution in [0.15, 0.2) is 194 Å². The van der Waals surface area contributed by atoms with Crippen molar-refractivity contribution in [2.45, 2.75) is 84.5 Å². The molecule has 2 atom stereocenters. The van der Waals surface area contributed by atoms with Crippen LogP contribution in [0.2, 0.25) is 0 Å². The van der Waals surface area contributed by atoms with Gasteiger partial charge in [0.2, 0.25) is 0 Å². The van der Waals surface area contributed by atoms with Gasteiger partial charge in [-0.25, -0.2) is 0 Å². The average Bonchev–Trinajstić information content (AvgIpc) is 4.44. The lowest BCUT2D eigenvalue weighted by Crippen LogP contribution is -2.31. The van der Waals surface area contributed by atoms with Crippen molar-refractivity contribution in [2.24, 2.45) is 11.8 Å². The molecule has 0 nitrogen and oxygen atoms in total. The lowest BCUT2D eigenvalue weighted by atomic mass is 9.63. The summed E-state index contributed by atoms with van der Waals surface area (Å²) in [5.74, 6) is 1.02. The largest absolute Gasteiger partial charge is 0.0651 e. The Morgan fingerprint density at radius 2 is 0.600 bits per heavy atom. The molecule has 0 heterocycles. The fourth-order valence-electron chi connectivity index (χ4n) is 15.1. The monoisotopic (exact) mass is 962 g/mol. The summed E-state index contributed by atoms with van der Waals surface area (Å²) in [7, 11) is 0. The second kappa shape index (κ2) is 17.1. The molecule has 0 fully saturated rings. The third-order valence-corrected chi connectivity index (χ3v) is 18.8. The normalized spacial score (nSPS) is 16.2. The number of benzene rings is 10. The Morgan fingerprint density at radius 1 is 0.307 bits per heavy atom. The van der Waals surface area contributed by atoms with Gasteiger partial charge in [0.25, 0.3) is 0 Å². The first-order valence-electron chi connectivity index (χ1n) is 28.1. The van der Waals surface area contributed by atoms with Crippen LogP contribution >= 0.6 is 0 Å². The van der Waals surface area contributed by atoms with E-state index in [9.17, 15) is 0 Å². The van der Waals surface area contributed by atoms with Crippen molar-refractivity contribution in [3.63, 3.8) is 0 Å². The Bertz CT molecular complexity index is 4010. The van der Waals surface area contributed by atoms with Crippen molar-refractivity contribution in [1.29, 1.82) is 0 Å². The molecule has 0 aromatic heterocycles. The van der Waals surface area contributed by atoms with Crippen LogP contribution in [-0.2, 0) is 31.1 Å². The number of hydrogen-bond acceptors (Lipinski definition) is 0. The van der Waals surface area contributed by atoms with Crippen molar-refractivity contribution < 1.29 is 0 Å². The standard InChI is InChI=1S/C75H62/c1-5-45(3)43-75(44-46(4)6-2)68-26-16-15-25-67(68)73-71(53-29-33-65-57(41-53)37-49-19-9-13-23-61(49)65)69(51-27-31-63-55(39-51)35-47-17-7-11-21-59(47)63)70(52-28-32-64-56(40-52)36-48-18-8-12-22-60(48)64)72(74(73)75)54-30-34-66-58(42-54)38-50-20-10-14-24-62(50)66/h7-34,39-42,45-46H,5-6,35-38,43-44H2,1-4H3. The molecule has 75 heavy (non-hydrogen) atoms. The molecule has 0 bridgehead atoms. The molecule has 5 aliphatic carbocycles. The van der Waals surface area contributed by atoms with Crippen LogP contribution in [0.5, 0.6) is 0 Å². The minimum atomic E-state index is -0.240. The summed E-state index contributed by atoms with van der Waals surface area (Å²) in [6, 6.07) is 76.5. The van der Waals surface area contributed by atoms with Gasteiger partial charge < -0.3 is 0 Å². The summed E-state index contributed by atoms with van der Waals surface area (Å²) < 4.78 is 0. The van der Waals surface area contributed by atoms with Gasteiger partial charge >= 0.3 is 0 Å². The smallest absolute Gasteiger partial charge is 0.0226 e. The Labute approximate surface area is 443 Å². The highest BCUT2D eigenvalue weighted by molar-refractivity contribution is 6.13. The molecule has 0 saturated carbocycles. The first-order chi connectivity index (χ1) is 36.9. The van der Waals surface area contributed by atoms with Crippen LogP contribution in [0.25, 0.3) is 100 Å². The van der Waals surface area contributed by atoms with Crippen LogP contribution in [0.1, 0.15) is 109 Å². The molecule has 5 aliphatic rings. The second-order valence-electron chi connectivity index (χ2n) is 23.1. The van der Waals surface area contributed by atoms with Crippen molar-refractivity contribution in [3.05, 3.63) is 250 Å². The minimum absolute atomic E-state index is 0.240. The van der Waals surface area contributed by atoms with E-state index in [1.807, 2.05) is 0 Å². The Balaban J connectivity index is 1.13. The Kier molecular flexibility index (Phi) is 10.2. The first-order valence-corrected chi connectivity index (χ1v) is 28.1. The first kappa shape index (κ1) is 44.7. The van der Waals surface area contributed by atoms with Gasteiger partial charge in [0, 0.05) is 5.41 Å². The van der Waals surface area contributed by atoms with Crippen LogP contribution in [-0.4, -0.2) is 0 Å². The van der Waals surface area contributed by atoms with E-state index in [0.29, 0.717) is 11.8 Å². The predicted molar refractivity (Wildman–Crippen MR) is 316 cm³/mol. The average molecular weight is 963 g/mol. The lowest BCUT2D eigenvalue weighted by molar-refractivity contribution is 0.309. The molecule has 0 saturated heterocycles. The van der Waals surface area contributed by atoms with Crippen molar-refractivity contribution in [2.75, 3.05) is 0 Å². The lowest BCUT2D eigenvalue weighted by Gasteiger charge is -2.39. The van der Waals surface area contributed by atoms with Crippen molar-refractivity contribution >= 4 is 0 Å². The molecule has 10 aromatic rings. The second-order valence-corrected chi connectivity index (χ2v) is 23.1. The number of hydrogen-bond donors (Lipinski definition) is 0. The highest BCUT2D eigenvalue weighted by atomic mass is 14.5. The quantitative estimate of drug-likeness (QED) is 0.128. The molecular weight excluding hydrogens is 901 g/mol. The summed E-state index contributed by atoms with van der Waals surface area (Å²) in [5.41, 5.74) is 38.9. The topological polar surface area (TPSA) is 0 Å². The zero-order chi connectivity index (χ0) is 50.1. The maximum Gasteiger partial charge on any atom is 0.0226 e.